The number of rotatable bonds is 4. The van der Waals surface area contributed by atoms with Crippen LogP contribution in [0.25, 0.3) is 0 Å². The van der Waals surface area contributed by atoms with E-state index in [2.05, 4.69) is 5.32 Å². The second-order valence-electron chi connectivity index (χ2n) is 4.38. The van der Waals surface area contributed by atoms with Crippen LogP contribution in [0.1, 0.15) is 22.0 Å². The van der Waals surface area contributed by atoms with Gasteiger partial charge in [-0.05, 0) is 29.8 Å². The van der Waals surface area contributed by atoms with Crippen LogP contribution in [0.15, 0.2) is 42.5 Å². The summed E-state index contributed by atoms with van der Waals surface area (Å²) in [5.41, 5.74) is -0.0438. The number of aliphatic hydroxyl groups excluding tert-OH is 1. The first-order valence-corrected chi connectivity index (χ1v) is 6.15. The SMILES string of the molecule is O=C(NC[C@@H](O)c1ccc(F)c(F)c1)c1ccccc1F. The fourth-order valence-corrected chi connectivity index (χ4v) is 1.77. The predicted octanol–water partition coefficient (Wildman–Crippen LogP) is 2.57. The fraction of sp³-hybridized carbons (Fsp3) is 0.133. The van der Waals surface area contributed by atoms with Crippen molar-refractivity contribution in [2.24, 2.45) is 0 Å². The normalized spacial score (nSPS) is 12.0. The minimum absolute atomic E-state index is 0.114. The van der Waals surface area contributed by atoms with E-state index in [4.69, 9.17) is 0 Å². The maximum atomic E-state index is 13.4. The van der Waals surface area contributed by atoms with E-state index in [0.717, 1.165) is 18.2 Å². The monoisotopic (exact) mass is 295 g/mol. The smallest absolute Gasteiger partial charge is 0.254 e. The third kappa shape index (κ3) is 3.61. The quantitative estimate of drug-likeness (QED) is 0.911. The van der Waals surface area contributed by atoms with Crippen molar-refractivity contribution in [2.75, 3.05) is 6.54 Å². The highest BCUT2D eigenvalue weighted by Crippen LogP contribution is 2.16. The lowest BCUT2D eigenvalue weighted by molar-refractivity contribution is 0.0912. The number of amides is 1. The molecule has 0 unspecified atom stereocenters. The third-order valence-corrected chi connectivity index (χ3v) is 2.90. The van der Waals surface area contributed by atoms with Gasteiger partial charge in [-0.2, -0.15) is 0 Å². The average Bonchev–Trinajstić information content (AvgIpc) is 2.47. The molecule has 2 rings (SSSR count). The Bertz CT molecular complexity index is 661. The van der Waals surface area contributed by atoms with Crippen LogP contribution >= 0.6 is 0 Å². The Balaban J connectivity index is 2.01. The van der Waals surface area contributed by atoms with Crippen molar-refractivity contribution < 1.29 is 23.1 Å². The second-order valence-corrected chi connectivity index (χ2v) is 4.38. The summed E-state index contributed by atoms with van der Waals surface area (Å²) < 4.78 is 39.2. The molecule has 1 atom stereocenters. The molecule has 2 aromatic rings. The van der Waals surface area contributed by atoms with Gasteiger partial charge in [0.15, 0.2) is 11.6 Å². The van der Waals surface area contributed by atoms with E-state index in [1.807, 2.05) is 0 Å². The molecule has 1 amide bonds. The molecule has 110 valence electrons. The Morgan fingerprint density at radius 3 is 2.43 bits per heavy atom. The van der Waals surface area contributed by atoms with Gasteiger partial charge < -0.3 is 10.4 Å². The average molecular weight is 295 g/mol. The summed E-state index contributed by atoms with van der Waals surface area (Å²) in [6, 6.07) is 8.32. The van der Waals surface area contributed by atoms with Crippen molar-refractivity contribution >= 4 is 5.91 Å². The highest BCUT2D eigenvalue weighted by atomic mass is 19.2. The zero-order valence-electron chi connectivity index (χ0n) is 10.8. The largest absolute Gasteiger partial charge is 0.387 e. The second kappa shape index (κ2) is 6.41. The van der Waals surface area contributed by atoms with E-state index < -0.39 is 29.5 Å². The van der Waals surface area contributed by atoms with Gasteiger partial charge in [0.2, 0.25) is 0 Å². The molecule has 6 heteroatoms. The summed E-state index contributed by atoms with van der Waals surface area (Å²) in [5.74, 6) is -3.50. The van der Waals surface area contributed by atoms with Gasteiger partial charge in [0.25, 0.3) is 5.91 Å². The van der Waals surface area contributed by atoms with Crippen LogP contribution in [-0.2, 0) is 0 Å². The molecule has 0 heterocycles. The molecular formula is C15H12F3NO2. The topological polar surface area (TPSA) is 49.3 Å². The van der Waals surface area contributed by atoms with E-state index in [1.165, 1.54) is 24.3 Å². The van der Waals surface area contributed by atoms with Gasteiger partial charge in [-0.15, -0.1) is 0 Å². The number of aliphatic hydroxyl groups is 1. The van der Waals surface area contributed by atoms with Gasteiger partial charge in [0.05, 0.1) is 11.7 Å². The van der Waals surface area contributed by atoms with Gasteiger partial charge in [-0.3, -0.25) is 4.79 Å². The van der Waals surface area contributed by atoms with Gasteiger partial charge in [0, 0.05) is 6.54 Å². The zero-order chi connectivity index (χ0) is 15.4. The van der Waals surface area contributed by atoms with Crippen LogP contribution in [0.2, 0.25) is 0 Å². The maximum absolute atomic E-state index is 13.4. The van der Waals surface area contributed by atoms with E-state index >= 15 is 0 Å². The molecule has 0 aliphatic rings. The molecule has 0 bridgehead atoms. The van der Waals surface area contributed by atoms with Crippen molar-refractivity contribution in [3.63, 3.8) is 0 Å². The first-order valence-electron chi connectivity index (χ1n) is 6.15. The Morgan fingerprint density at radius 1 is 1.05 bits per heavy atom. The lowest BCUT2D eigenvalue weighted by atomic mass is 10.1. The van der Waals surface area contributed by atoms with Gasteiger partial charge in [-0.25, -0.2) is 13.2 Å². The highest BCUT2D eigenvalue weighted by molar-refractivity contribution is 5.94. The summed E-state index contributed by atoms with van der Waals surface area (Å²) in [6.45, 7) is -0.252. The molecule has 0 aliphatic carbocycles. The fourth-order valence-electron chi connectivity index (χ4n) is 1.77. The van der Waals surface area contributed by atoms with Gasteiger partial charge in [0.1, 0.15) is 5.82 Å². The summed E-state index contributed by atoms with van der Waals surface area (Å²) >= 11 is 0. The molecule has 3 nitrogen and oxygen atoms in total. The van der Waals surface area contributed by atoms with Crippen LogP contribution < -0.4 is 5.32 Å². The van der Waals surface area contributed by atoms with Crippen molar-refractivity contribution in [1.82, 2.24) is 5.32 Å². The minimum Gasteiger partial charge on any atom is -0.387 e. The molecule has 0 fully saturated rings. The van der Waals surface area contributed by atoms with Crippen LogP contribution in [-0.4, -0.2) is 17.6 Å². The molecule has 0 aliphatic heterocycles. The van der Waals surface area contributed by atoms with E-state index in [9.17, 15) is 23.1 Å². The molecule has 2 aromatic carbocycles. The summed E-state index contributed by atoms with van der Waals surface area (Å²) in [6.07, 6.45) is -1.23. The Hall–Kier alpha value is -2.34. The number of nitrogens with one attached hydrogen (secondary N) is 1. The Morgan fingerprint density at radius 2 is 1.76 bits per heavy atom. The van der Waals surface area contributed by atoms with Crippen LogP contribution in [0.5, 0.6) is 0 Å². The predicted molar refractivity (Wildman–Crippen MR) is 70.1 cm³/mol. The molecule has 2 N–H and O–H groups in total. The van der Waals surface area contributed by atoms with E-state index in [1.54, 1.807) is 0 Å². The van der Waals surface area contributed by atoms with Crippen LogP contribution in [0.3, 0.4) is 0 Å². The van der Waals surface area contributed by atoms with E-state index in [-0.39, 0.29) is 17.7 Å². The third-order valence-electron chi connectivity index (χ3n) is 2.90. The first-order chi connectivity index (χ1) is 9.99. The standard InChI is InChI=1S/C15H12F3NO2/c16-11-4-2-1-3-10(11)15(21)19-8-14(20)9-5-6-12(17)13(18)7-9/h1-7,14,20H,8H2,(H,19,21)/t14-/m1/s1. The first kappa shape index (κ1) is 15.1. The Kier molecular flexibility index (Phi) is 4.59. The number of hydrogen-bond acceptors (Lipinski definition) is 2. The number of hydrogen-bond donors (Lipinski definition) is 2. The van der Waals surface area contributed by atoms with Crippen molar-refractivity contribution in [1.29, 1.82) is 0 Å². The van der Waals surface area contributed by atoms with Crippen molar-refractivity contribution in [2.45, 2.75) is 6.10 Å². The number of halogens is 3. The lowest BCUT2D eigenvalue weighted by Crippen LogP contribution is -2.29. The lowest BCUT2D eigenvalue weighted by Gasteiger charge is -2.13. The molecule has 0 saturated heterocycles. The molecule has 0 aromatic heterocycles. The number of carbonyl (C=O) groups is 1. The molecule has 0 spiro atoms. The highest BCUT2D eigenvalue weighted by Gasteiger charge is 2.14. The van der Waals surface area contributed by atoms with Crippen molar-refractivity contribution in [3.8, 4) is 0 Å². The van der Waals surface area contributed by atoms with Crippen LogP contribution in [0.4, 0.5) is 13.2 Å². The zero-order valence-corrected chi connectivity index (χ0v) is 10.8. The summed E-state index contributed by atoms with van der Waals surface area (Å²) in [4.78, 5) is 11.7. The maximum Gasteiger partial charge on any atom is 0.254 e. The number of benzene rings is 2. The summed E-state index contributed by atoms with van der Waals surface area (Å²) in [7, 11) is 0. The van der Waals surface area contributed by atoms with Crippen LogP contribution in [0, 0.1) is 17.5 Å². The minimum atomic E-state index is -1.23. The molecule has 21 heavy (non-hydrogen) atoms. The molecule has 0 saturated carbocycles. The Labute approximate surface area is 119 Å². The van der Waals surface area contributed by atoms with Gasteiger partial charge in [-0.1, -0.05) is 18.2 Å². The summed E-state index contributed by atoms with van der Waals surface area (Å²) in [5, 5.41) is 12.1. The van der Waals surface area contributed by atoms with E-state index in [0.29, 0.717) is 0 Å². The van der Waals surface area contributed by atoms with Gasteiger partial charge >= 0.3 is 0 Å². The van der Waals surface area contributed by atoms with Crippen molar-refractivity contribution in [3.05, 3.63) is 71.0 Å². The molecular weight excluding hydrogens is 283 g/mol. The molecule has 0 radical (unpaired) electrons. The number of carbonyl (C=O) groups excluding carboxylic acids is 1.